The normalized spacial score (nSPS) is 9.67. The molecule has 0 aliphatic heterocycles. The van der Waals surface area contributed by atoms with Crippen LogP contribution in [0.5, 0.6) is 0 Å². The molecule has 1 aromatic heterocycles. The summed E-state index contributed by atoms with van der Waals surface area (Å²) in [6.07, 6.45) is 5.44. The highest BCUT2D eigenvalue weighted by atomic mass is 16.1. The van der Waals surface area contributed by atoms with Crippen LogP contribution in [0.1, 0.15) is 17.8 Å². The van der Waals surface area contributed by atoms with E-state index in [1.807, 2.05) is 24.6 Å². The van der Waals surface area contributed by atoms with E-state index in [4.69, 9.17) is 6.42 Å². The van der Waals surface area contributed by atoms with E-state index in [1.165, 1.54) is 0 Å². The number of nitrogens with zero attached hydrogens (tertiary/aromatic N) is 2. The molecule has 4 heteroatoms. The molecular formula is C11H15N3O. The van der Waals surface area contributed by atoms with Crippen LogP contribution < -0.4 is 5.32 Å². The van der Waals surface area contributed by atoms with Crippen LogP contribution in [0.4, 0.5) is 0 Å². The molecule has 0 spiro atoms. The zero-order chi connectivity index (χ0) is 11.3. The number of aromatic nitrogens is 2. The first-order valence-electron chi connectivity index (χ1n) is 4.84. The van der Waals surface area contributed by atoms with Crippen molar-refractivity contribution in [3.8, 4) is 12.3 Å². The van der Waals surface area contributed by atoms with Gasteiger partial charge >= 0.3 is 0 Å². The molecule has 0 saturated heterocycles. The first kappa shape index (κ1) is 11.3. The Labute approximate surface area is 89.7 Å². The van der Waals surface area contributed by atoms with Gasteiger partial charge < -0.3 is 5.32 Å². The number of carbonyl (C=O) groups is 1. The maximum Gasteiger partial charge on any atom is 0.222 e. The number of nitrogens with one attached hydrogen (secondary N) is 1. The third kappa shape index (κ3) is 3.47. The smallest absolute Gasteiger partial charge is 0.222 e. The first-order valence-corrected chi connectivity index (χ1v) is 4.84. The van der Waals surface area contributed by atoms with Gasteiger partial charge in [-0.15, -0.1) is 6.42 Å². The molecule has 1 heterocycles. The van der Waals surface area contributed by atoms with Crippen LogP contribution in [-0.2, 0) is 11.3 Å². The fraction of sp³-hybridized carbons (Fsp3) is 0.455. The summed E-state index contributed by atoms with van der Waals surface area (Å²) < 4.78 is 1.82. The van der Waals surface area contributed by atoms with E-state index in [9.17, 15) is 4.79 Å². The van der Waals surface area contributed by atoms with Crippen LogP contribution in [0, 0.1) is 26.2 Å². The number of rotatable bonds is 4. The third-order valence-corrected chi connectivity index (χ3v) is 2.04. The van der Waals surface area contributed by atoms with Gasteiger partial charge in [-0.2, -0.15) is 5.10 Å². The number of hydrogen-bond donors (Lipinski definition) is 1. The lowest BCUT2D eigenvalue weighted by Crippen LogP contribution is -2.24. The topological polar surface area (TPSA) is 46.9 Å². The van der Waals surface area contributed by atoms with Crippen molar-refractivity contribution < 1.29 is 4.79 Å². The van der Waals surface area contributed by atoms with Crippen LogP contribution in [0.15, 0.2) is 6.07 Å². The number of carbonyl (C=O) groups excluding carboxylic acids is 1. The average molecular weight is 205 g/mol. The fourth-order valence-corrected chi connectivity index (χ4v) is 1.35. The highest BCUT2D eigenvalue weighted by Gasteiger charge is 2.04. The zero-order valence-electron chi connectivity index (χ0n) is 9.08. The highest BCUT2D eigenvalue weighted by molar-refractivity contribution is 5.76. The van der Waals surface area contributed by atoms with E-state index in [2.05, 4.69) is 16.3 Å². The zero-order valence-corrected chi connectivity index (χ0v) is 9.08. The summed E-state index contributed by atoms with van der Waals surface area (Å²) in [5, 5.41) is 6.87. The van der Waals surface area contributed by atoms with Gasteiger partial charge in [-0.05, 0) is 19.9 Å². The van der Waals surface area contributed by atoms with Crippen molar-refractivity contribution in [3.63, 3.8) is 0 Å². The van der Waals surface area contributed by atoms with E-state index in [0.29, 0.717) is 13.0 Å². The molecule has 0 fully saturated rings. The Hall–Kier alpha value is -1.76. The highest BCUT2D eigenvalue weighted by Crippen LogP contribution is 2.02. The second-order valence-electron chi connectivity index (χ2n) is 3.38. The molecule has 15 heavy (non-hydrogen) atoms. The van der Waals surface area contributed by atoms with Gasteiger partial charge in [0.15, 0.2) is 0 Å². The number of terminal acetylenes is 1. The first-order chi connectivity index (χ1) is 7.13. The van der Waals surface area contributed by atoms with E-state index in [0.717, 1.165) is 11.4 Å². The minimum absolute atomic E-state index is 0.0412. The Morgan fingerprint density at radius 1 is 1.67 bits per heavy atom. The van der Waals surface area contributed by atoms with Gasteiger partial charge in [0.25, 0.3) is 0 Å². The predicted octanol–water partition coefficient (Wildman–Crippen LogP) is 0.639. The largest absolute Gasteiger partial charge is 0.345 e. The summed E-state index contributed by atoms with van der Waals surface area (Å²) in [5.41, 5.74) is 2.04. The second-order valence-corrected chi connectivity index (χ2v) is 3.38. The van der Waals surface area contributed by atoms with Crippen molar-refractivity contribution in [2.24, 2.45) is 0 Å². The van der Waals surface area contributed by atoms with Gasteiger partial charge in [-0.1, -0.05) is 5.92 Å². The van der Waals surface area contributed by atoms with Gasteiger partial charge in [0, 0.05) is 18.7 Å². The summed E-state index contributed by atoms with van der Waals surface area (Å²) in [4.78, 5) is 11.2. The van der Waals surface area contributed by atoms with E-state index in [1.54, 1.807) is 0 Å². The van der Waals surface area contributed by atoms with Crippen LogP contribution in [0.25, 0.3) is 0 Å². The fourth-order valence-electron chi connectivity index (χ4n) is 1.35. The van der Waals surface area contributed by atoms with Crippen LogP contribution in [0.2, 0.25) is 0 Å². The lowest BCUT2D eigenvalue weighted by Gasteiger charge is -2.04. The SMILES string of the molecule is C#CCNC(=O)CCn1nc(C)cc1C. The molecule has 0 atom stereocenters. The van der Waals surface area contributed by atoms with E-state index in [-0.39, 0.29) is 12.5 Å². The molecule has 4 nitrogen and oxygen atoms in total. The maximum atomic E-state index is 11.2. The predicted molar refractivity (Wildman–Crippen MR) is 58.2 cm³/mol. The Kier molecular flexibility index (Phi) is 3.92. The van der Waals surface area contributed by atoms with Crippen LogP contribution >= 0.6 is 0 Å². The molecular weight excluding hydrogens is 190 g/mol. The average Bonchev–Trinajstić information content (AvgIpc) is 2.51. The second kappa shape index (κ2) is 5.20. The minimum Gasteiger partial charge on any atom is -0.345 e. The standard InChI is InChI=1S/C11H15N3O/c1-4-6-12-11(15)5-7-14-10(3)8-9(2)13-14/h1,8H,5-7H2,2-3H3,(H,12,15). The van der Waals surface area contributed by atoms with Gasteiger partial charge in [0.2, 0.25) is 5.91 Å². The summed E-state index contributed by atoms with van der Waals surface area (Å²) in [5.74, 6) is 2.32. The molecule has 0 aromatic carbocycles. The molecule has 0 unspecified atom stereocenters. The Bertz CT molecular complexity index is 387. The van der Waals surface area contributed by atoms with Crippen molar-refractivity contribution in [2.75, 3.05) is 6.54 Å². The lowest BCUT2D eigenvalue weighted by atomic mass is 10.3. The van der Waals surface area contributed by atoms with Crippen molar-refractivity contribution >= 4 is 5.91 Å². The summed E-state index contributed by atoms with van der Waals surface area (Å²) in [6, 6.07) is 1.99. The molecule has 0 radical (unpaired) electrons. The molecule has 0 aliphatic carbocycles. The molecule has 80 valence electrons. The minimum atomic E-state index is -0.0412. The molecule has 1 amide bonds. The van der Waals surface area contributed by atoms with Gasteiger partial charge in [0.05, 0.1) is 12.2 Å². The van der Waals surface area contributed by atoms with Crippen molar-refractivity contribution in [3.05, 3.63) is 17.5 Å². The third-order valence-electron chi connectivity index (χ3n) is 2.04. The molecule has 1 N–H and O–H groups in total. The molecule has 0 saturated carbocycles. The van der Waals surface area contributed by atoms with E-state index >= 15 is 0 Å². The quantitative estimate of drug-likeness (QED) is 0.733. The lowest BCUT2D eigenvalue weighted by molar-refractivity contribution is -0.121. The Morgan fingerprint density at radius 2 is 2.40 bits per heavy atom. The molecule has 0 aliphatic rings. The summed E-state index contributed by atoms with van der Waals surface area (Å²) in [7, 11) is 0. The number of amides is 1. The monoisotopic (exact) mass is 205 g/mol. The van der Waals surface area contributed by atoms with Gasteiger partial charge in [0.1, 0.15) is 0 Å². The number of hydrogen-bond acceptors (Lipinski definition) is 2. The van der Waals surface area contributed by atoms with Gasteiger partial charge in [-0.3, -0.25) is 9.48 Å². The van der Waals surface area contributed by atoms with Crippen LogP contribution in [-0.4, -0.2) is 22.2 Å². The van der Waals surface area contributed by atoms with Crippen molar-refractivity contribution in [1.29, 1.82) is 0 Å². The molecule has 1 aromatic rings. The maximum absolute atomic E-state index is 11.2. The molecule has 0 bridgehead atoms. The van der Waals surface area contributed by atoms with Gasteiger partial charge in [-0.25, -0.2) is 0 Å². The van der Waals surface area contributed by atoms with Crippen LogP contribution in [0.3, 0.4) is 0 Å². The number of aryl methyl sites for hydroxylation is 3. The summed E-state index contributed by atoms with van der Waals surface area (Å²) in [6.45, 7) is 4.79. The van der Waals surface area contributed by atoms with Crippen molar-refractivity contribution in [1.82, 2.24) is 15.1 Å². The van der Waals surface area contributed by atoms with Crippen molar-refractivity contribution in [2.45, 2.75) is 26.8 Å². The Balaban J connectivity index is 2.40. The molecule has 1 rings (SSSR count). The van der Waals surface area contributed by atoms with E-state index < -0.39 is 0 Å². The Morgan fingerprint density at radius 3 is 2.93 bits per heavy atom. The summed E-state index contributed by atoms with van der Waals surface area (Å²) >= 11 is 0.